The number of likely N-dealkylation sites (tertiary alicyclic amines) is 1. The molecule has 1 atom stereocenters. The second-order valence-corrected chi connectivity index (χ2v) is 8.88. The molecule has 4 N–H and O–H groups in total. The van der Waals surface area contributed by atoms with Crippen molar-refractivity contribution < 1.29 is 31.2 Å². The smallest absolute Gasteiger partial charge is 0.369 e. The number of carbonyl (C=O) groups excluding carboxylic acids is 2. The molecule has 1 saturated heterocycles. The van der Waals surface area contributed by atoms with Gasteiger partial charge in [-0.1, -0.05) is 0 Å². The van der Waals surface area contributed by atoms with Gasteiger partial charge >= 0.3 is 6.18 Å². The van der Waals surface area contributed by atoms with E-state index in [9.17, 15) is 31.2 Å². The molecule has 2 amide bonds. The van der Waals surface area contributed by atoms with Crippen LogP contribution in [0, 0.1) is 5.92 Å². The van der Waals surface area contributed by atoms with Crippen LogP contribution in [-0.4, -0.2) is 64.0 Å². The average molecular weight is 450 g/mol. The average Bonchev–Trinajstić information content (AvgIpc) is 2.69. The molecule has 2 rings (SSSR count). The van der Waals surface area contributed by atoms with Gasteiger partial charge in [-0.15, -0.1) is 0 Å². The number of nitrogens with two attached hydrogens (primary N) is 1. The largest absolute Gasteiger partial charge is 0.405 e. The van der Waals surface area contributed by atoms with Crippen LogP contribution in [0.1, 0.15) is 29.6 Å². The van der Waals surface area contributed by atoms with Gasteiger partial charge in [0, 0.05) is 18.7 Å². The van der Waals surface area contributed by atoms with Crippen molar-refractivity contribution in [2.75, 3.05) is 32.7 Å². The minimum Gasteiger partial charge on any atom is -0.369 e. The van der Waals surface area contributed by atoms with Crippen molar-refractivity contribution in [3.63, 3.8) is 0 Å². The SMILES string of the molecule is NC(=O)C1CCCN(CCCNS(=O)(=O)c2ccc(C(=O)NCC(F)(F)F)cc2)C1. The van der Waals surface area contributed by atoms with Crippen molar-refractivity contribution in [3.8, 4) is 0 Å². The molecule has 8 nitrogen and oxygen atoms in total. The summed E-state index contributed by atoms with van der Waals surface area (Å²) in [5, 5.41) is 1.72. The highest BCUT2D eigenvalue weighted by Gasteiger charge is 2.28. The maximum atomic E-state index is 12.3. The molecule has 0 spiro atoms. The molecule has 0 aliphatic carbocycles. The minimum absolute atomic E-state index is 0.0766. The highest BCUT2D eigenvalue weighted by atomic mass is 32.2. The van der Waals surface area contributed by atoms with E-state index in [0.717, 1.165) is 43.7 Å². The summed E-state index contributed by atoms with van der Waals surface area (Å²) < 4.78 is 63.5. The number of amides is 2. The van der Waals surface area contributed by atoms with Crippen LogP contribution in [0.2, 0.25) is 0 Å². The number of primary amides is 1. The Labute approximate surface area is 173 Å². The summed E-state index contributed by atoms with van der Waals surface area (Å²) in [4.78, 5) is 24.9. The normalized spacial score (nSPS) is 18.2. The summed E-state index contributed by atoms with van der Waals surface area (Å²) in [7, 11) is -3.82. The molecule has 0 bridgehead atoms. The first-order chi connectivity index (χ1) is 14.0. The van der Waals surface area contributed by atoms with Crippen molar-refractivity contribution in [3.05, 3.63) is 29.8 Å². The van der Waals surface area contributed by atoms with Crippen LogP contribution in [0.4, 0.5) is 13.2 Å². The number of piperidine rings is 1. The third-order valence-corrected chi connectivity index (χ3v) is 6.20. The molecular weight excluding hydrogens is 425 g/mol. The van der Waals surface area contributed by atoms with Gasteiger partial charge in [0.1, 0.15) is 6.54 Å². The van der Waals surface area contributed by atoms with Crippen LogP contribution in [0.5, 0.6) is 0 Å². The van der Waals surface area contributed by atoms with Gasteiger partial charge in [0.05, 0.1) is 10.8 Å². The topological polar surface area (TPSA) is 122 Å². The number of nitrogens with zero attached hydrogens (tertiary/aromatic N) is 1. The van der Waals surface area contributed by atoms with Crippen LogP contribution in [0.3, 0.4) is 0 Å². The van der Waals surface area contributed by atoms with Crippen molar-refractivity contribution >= 4 is 21.8 Å². The van der Waals surface area contributed by atoms with Gasteiger partial charge in [-0.2, -0.15) is 13.2 Å². The van der Waals surface area contributed by atoms with Crippen molar-refractivity contribution in [1.29, 1.82) is 0 Å². The van der Waals surface area contributed by atoms with E-state index in [0.29, 0.717) is 19.5 Å². The molecule has 12 heteroatoms. The second-order valence-electron chi connectivity index (χ2n) is 7.12. The number of halogens is 3. The zero-order valence-electron chi connectivity index (χ0n) is 16.2. The first kappa shape index (κ1) is 24.1. The van der Waals surface area contributed by atoms with E-state index < -0.39 is 28.7 Å². The Balaban J connectivity index is 1.81. The van der Waals surface area contributed by atoms with Crippen molar-refractivity contribution in [2.24, 2.45) is 11.7 Å². The maximum absolute atomic E-state index is 12.3. The van der Waals surface area contributed by atoms with Crippen LogP contribution in [0.15, 0.2) is 29.2 Å². The Bertz CT molecular complexity index is 844. The minimum atomic E-state index is -4.53. The van der Waals surface area contributed by atoms with E-state index >= 15 is 0 Å². The highest BCUT2D eigenvalue weighted by molar-refractivity contribution is 7.89. The Morgan fingerprint density at radius 3 is 2.47 bits per heavy atom. The lowest BCUT2D eigenvalue weighted by Crippen LogP contribution is -2.42. The Hall–Kier alpha value is -2.18. The van der Waals surface area contributed by atoms with Crippen LogP contribution in [-0.2, 0) is 14.8 Å². The predicted molar refractivity (Wildman–Crippen MR) is 103 cm³/mol. The molecule has 1 heterocycles. The third-order valence-electron chi connectivity index (χ3n) is 4.73. The van der Waals surface area contributed by atoms with E-state index in [-0.39, 0.29) is 28.8 Å². The lowest BCUT2D eigenvalue weighted by Gasteiger charge is -2.31. The molecule has 1 aliphatic rings. The number of hydrogen-bond acceptors (Lipinski definition) is 5. The van der Waals surface area contributed by atoms with Gasteiger partial charge in [-0.25, -0.2) is 13.1 Å². The maximum Gasteiger partial charge on any atom is 0.405 e. The Kier molecular flexibility index (Phi) is 8.21. The number of hydrogen-bond donors (Lipinski definition) is 3. The fraction of sp³-hybridized carbons (Fsp3) is 0.556. The van der Waals surface area contributed by atoms with Gasteiger partial charge < -0.3 is 16.0 Å². The van der Waals surface area contributed by atoms with Crippen LogP contribution < -0.4 is 15.8 Å². The molecule has 0 aromatic heterocycles. The predicted octanol–water partition coefficient (Wildman–Crippen LogP) is 0.844. The summed E-state index contributed by atoms with van der Waals surface area (Å²) >= 11 is 0. The lowest BCUT2D eigenvalue weighted by atomic mass is 9.97. The first-order valence-corrected chi connectivity index (χ1v) is 10.9. The lowest BCUT2D eigenvalue weighted by molar-refractivity contribution is -0.124. The van der Waals surface area contributed by atoms with Gasteiger partial charge in [0.2, 0.25) is 15.9 Å². The van der Waals surface area contributed by atoms with Crippen LogP contribution >= 0.6 is 0 Å². The number of benzene rings is 1. The van der Waals surface area contributed by atoms with E-state index in [1.165, 1.54) is 0 Å². The molecule has 168 valence electrons. The monoisotopic (exact) mass is 450 g/mol. The molecule has 1 unspecified atom stereocenters. The number of rotatable bonds is 9. The van der Waals surface area contributed by atoms with Gasteiger partial charge in [0.25, 0.3) is 5.91 Å². The quantitative estimate of drug-likeness (QED) is 0.482. The van der Waals surface area contributed by atoms with E-state index in [2.05, 4.69) is 9.62 Å². The number of sulfonamides is 1. The fourth-order valence-corrected chi connectivity index (χ4v) is 4.23. The molecule has 30 heavy (non-hydrogen) atoms. The standard InChI is InChI=1S/C18H25F3N4O4S/c19-18(20,21)12-23-17(27)13-4-6-15(7-5-13)30(28,29)24-8-2-10-25-9-1-3-14(11-25)16(22)26/h4-7,14,24H,1-3,8-12H2,(H2,22,26)(H,23,27). The van der Waals surface area contributed by atoms with Crippen molar-refractivity contribution in [1.82, 2.24) is 14.9 Å². The summed E-state index contributed by atoms with van der Waals surface area (Å²) in [5.41, 5.74) is 5.26. The molecule has 1 aromatic carbocycles. The zero-order valence-corrected chi connectivity index (χ0v) is 17.1. The molecular formula is C18H25F3N4O4S. The van der Waals surface area contributed by atoms with Gasteiger partial charge in [-0.3, -0.25) is 9.59 Å². The van der Waals surface area contributed by atoms with Crippen molar-refractivity contribution in [2.45, 2.75) is 30.3 Å². The van der Waals surface area contributed by atoms with Crippen LogP contribution in [0.25, 0.3) is 0 Å². The highest BCUT2D eigenvalue weighted by Crippen LogP contribution is 2.16. The fourth-order valence-electron chi connectivity index (χ4n) is 3.15. The zero-order chi connectivity index (χ0) is 22.4. The summed E-state index contributed by atoms with van der Waals surface area (Å²) in [6.07, 6.45) is -2.37. The molecule has 1 fully saturated rings. The second kappa shape index (κ2) is 10.2. The molecule has 1 aliphatic heterocycles. The van der Waals surface area contributed by atoms with Gasteiger partial charge in [-0.05, 0) is 56.6 Å². The molecule has 0 radical (unpaired) electrons. The Morgan fingerprint density at radius 2 is 1.87 bits per heavy atom. The molecule has 0 saturated carbocycles. The first-order valence-electron chi connectivity index (χ1n) is 9.44. The van der Waals surface area contributed by atoms with Gasteiger partial charge in [0.15, 0.2) is 0 Å². The summed E-state index contributed by atoms with van der Waals surface area (Å²) in [6, 6.07) is 4.62. The van der Waals surface area contributed by atoms with E-state index in [1.807, 2.05) is 0 Å². The number of alkyl halides is 3. The molecule has 1 aromatic rings. The Morgan fingerprint density at radius 1 is 1.20 bits per heavy atom. The summed E-state index contributed by atoms with van der Waals surface area (Å²) in [5.74, 6) is -1.45. The van der Waals surface area contributed by atoms with E-state index in [4.69, 9.17) is 5.73 Å². The summed E-state index contributed by atoms with van der Waals surface area (Å²) in [6.45, 7) is 0.720. The number of nitrogens with one attached hydrogen (secondary N) is 2. The van der Waals surface area contributed by atoms with E-state index in [1.54, 1.807) is 5.32 Å². The number of carbonyl (C=O) groups is 2. The third kappa shape index (κ3) is 7.58.